The van der Waals surface area contributed by atoms with Crippen molar-refractivity contribution in [2.75, 3.05) is 10.6 Å². The predicted octanol–water partition coefficient (Wildman–Crippen LogP) is 5.79. The van der Waals surface area contributed by atoms with Crippen LogP contribution in [0.4, 0.5) is 15.8 Å². The molecule has 0 fully saturated rings. The maximum Gasteiger partial charge on any atom is 0.265 e. The van der Waals surface area contributed by atoms with Crippen LogP contribution in [0.5, 0.6) is 5.75 Å². The molecule has 1 atom stereocenters. The molecule has 154 valence electrons. The highest BCUT2D eigenvalue weighted by Gasteiger charge is 2.16. The summed E-state index contributed by atoms with van der Waals surface area (Å²) in [7, 11) is 0. The van der Waals surface area contributed by atoms with E-state index < -0.39 is 17.8 Å². The average molecular weight is 447 g/mol. The molecule has 0 aliphatic carbocycles. The lowest BCUT2D eigenvalue weighted by atomic mass is 10.2. The van der Waals surface area contributed by atoms with Gasteiger partial charge in [0, 0.05) is 16.3 Å². The summed E-state index contributed by atoms with van der Waals surface area (Å²) in [5.74, 6) is -1.14. The lowest BCUT2D eigenvalue weighted by molar-refractivity contribution is -0.122. The first-order valence-corrected chi connectivity index (χ1v) is 9.67. The largest absolute Gasteiger partial charge is 0.481 e. The Morgan fingerprint density at radius 2 is 1.60 bits per heavy atom. The Labute approximate surface area is 182 Å². The number of nitrogens with one attached hydrogen (secondary N) is 2. The Bertz CT molecular complexity index is 1060. The van der Waals surface area contributed by atoms with Crippen LogP contribution < -0.4 is 15.4 Å². The average Bonchev–Trinajstić information content (AvgIpc) is 2.73. The summed E-state index contributed by atoms with van der Waals surface area (Å²) in [6.45, 7) is 1.60. The molecule has 30 heavy (non-hydrogen) atoms. The van der Waals surface area contributed by atoms with E-state index in [2.05, 4.69) is 10.6 Å². The third kappa shape index (κ3) is 5.49. The number of carbonyl (C=O) groups is 2. The summed E-state index contributed by atoms with van der Waals surface area (Å²) in [6, 6.07) is 17.2. The van der Waals surface area contributed by atoms with E-state index in [-0.39, 0.29) is 16.6 Å². The van der Waals surface area contributed by atoms with Crippen LogP contribution in [0.2, 0.25) is 10.0 Å². The molecule has 2 N–H and O–H groups in total. The zero-order valence-electron chi connectivity index (χ0n) is 15.8. The molecule has 0 radical (unpaired) electrons. The van der Waals surface area contributed by atoms with Gasteiger partial charge in [0.15, 0.2) is 11.9 Å². The number of carbonyl (C=O) groups excluding carboxylic acids is 2. The minimum absolute atomic E-state index is 0.0136. The Kier molecular flexibility index (Phi) is 6.92. The van der Waals surface area contributed by atoms with E-state index in [1.165, 1.54) is 30.3 Å². The van der Waals surface area contributed by atoms with Crippen molar-refractivity contribution in [3.63, 3.8) is 0 Å². The molecule has 2 amide bonds. The van der Waals surface area contributed by atoms with Gasteiger partial charge in [-0.3, -0.25) is 9.59 Å². The first kappa shape index (κ1) is 21.6. The van der Waals surface area contributed by atoms with Gasteiger partial charge in [-0.15, -0.1) is 0 Å². The summed E-state index contributed by atoms with van der Waals surface area (Å²) in [6.07, 6.45) is -0.777. The first-order chi connectivity index (χ1) is 14.3. The number of hydrogen-bond acceptors (Lipinski definition) is 3. The Morgan fingerprint density at radius 3 is 2.27 bits per heavy atom. The van der Waals surface area contributed by atoms with Crippen molar-refractivity contribution in [2.45, 2.75) is 13.0 Å². The van der Waals surface area contributed by atoms with E-state index in [9.17, 15) is 14.0 Å². The summed E-state index contributed by atoms with van der Waals surface area (Å²) in [4.78, 5) is 24.6. The molecule has 3 aromatic carbocycles. The highest BCUT2D eigenvalue weighted by atomic mass is 35.5. The van der Waals surface area contributed by atoms with Gasteiger partial charge in [-0.25, -0.2) is 4.39 Å². The predicted molar refractivity (Wildman–Crippen MR) is 116 cm³/mol. The van der Waals surface area contributed by atoms with Gasteiger partial charge in [0.2, 0.25) is 0 Å². The number of hydrogen-bond donors (Lipinski definition) is 2. The first-order valence-electron chi connectivity index (χ1n) is 8.92. The number of anilines is 2. The van der Waals surface area contributed by atoms with E-state index >= 15 is 0 Å². The molecule has 0 spiro atoms. The molecule has 0 unspecified atom stereocenters. The summed E-state index contributed by atoms with van der Waals surface area (Å²) in [5.41, 5.74) is 0.875. The molecule has 0 aliphatic heterocycles. The van der Waals surface area contributed by atoms with Crippen LogP contribution in [-0.2, 0) is 4.79 Å². The molecule has 3 aromatic rings. The fraction of sp³-hybridized carbons (Fsp3) is 0.0909. The van der Waals surface area contributed by atoms with Crippen molar-refractivity contribution in [1.29, 1.82) is 0 Å². The van der Waals surface area contributed by atoms with E-state index in [4.69, 9.17) is 27.9 Å². The molecule has 8 heteroatoms. The minimum atomic E-state index is -0.777. The summed E-state index contributed by atoms with van der Waals surface area (Å²) in [5, 5.41) is 5.68. The number of amides is 2. The van der Waals surface area contributed by atoms with Crippen molar-refractivity contribution >= 4 is 46.4 Å². The number of rotatable bonds is 6. The Balaban J connectivity index is 1.59. The maximum absolute atomic E-state index is 13.9. The fourth-order valence-corrected chi connectivity index (χ4v) is 2.81. The van der Waals surface area contributed by atoms with Crippen LogP contribution in [0.1, 0.15) is 17.3 Å². The van der Waals surface area contributed by atoms with Gasteiger partial charge in [-0.05, 0) is 67.6 Å². The molecule has 5 nitrogen and oxygen atoms in total. The Hall–Kier alpha value is -3.09. The smallest absolute Gasteiger partial charge is 0.265 e. The molecule has 3 rings (SSSR count). The number of benzene rings is 3. The van der Waals surface area contributed by atoms with Crippen LogP contribution in [0.25, 0.3) is 0 Å². The molecule has 0 aromatic heterocycles. The molecule has 0 saturated heterocycles. The van der Waals surface area contributed by atoms with E-state index in [1.54, 1.807) is 43.3 Å². The van der Waals surface area contributed by atoms with Crippen molar-refractivity contribution in [3.8, 4) is 5.75 Å². The van der Waals surface area contributed by atoms with Crippen molar-refractivity contribution in [1.82, 2.24) is 0 Å². The van der Waals surface area contributed by atoms with Gasteiger partial charge in [-0.1, -0.05) is 29.3 Å². The Morgan fingerprint density at radius 1 is 0.933 bits per heavy atom. The lowest BCUT2D eigenvalue weighted by Crippen LogP contribution is -2.30. The fourth-order valence-electron chi connectivity index (χ4n) is 2.51. The molecular weight excluding hydrogens is 430 g/mol. The zero-order chi connectivity index (χ0) is 21.7. The van der Waals surface area contributed by atoms with Crippen LogP contribution in [-0.4, -0.2) is 17.9 Å². The van der Waals surface area contributed by atoms with Crippen LogP contribution in [0.3, 0.4) is 0 Å². The van der Waals surface area contributed by atoms with Crippen LogP contribution in [0.15, 0.2) is 66.7 Å². The molecule has 0 bridgehead atoms. The summed E-state index contributed by atoms with van der Waals surface area (Å²) >= 11 is 11.5. The topological polar surface area (TPSA) is 67.4 Å². The van der Waals surface area contributed by atoms with Crippen LogP contribution >= 0.6 is 23.2 Å². The minimum Gasteiger partial charge on any atom is -0.481 e. The van der Waals surface area contributed by atoms with Crippen molar-refractivity contribution in [3.05, 3.63) is 88.2 Å². The SMILES string of the molecule is C[C@H](Oc1ccc(C(=O)Nc2cccc(Cl)c2F)cc1)C(=O)Nc1ccc(Cl)cc1. The van der Waals surface area contributed by atoms with Gasteiger partial charge < -0.3 is 15.4 Å². The normalized spacial score (nSPS) is 11.5. The van der Waals surface area contributed by atoms with Crippen molar-refractivity contribution < 1.29 is 18.7 Å². The van der Waals surface area contributed by atoms with Gasteiger partial charge >= 0.3 is 0 Å². The van der Waals surface area contributed by atoms with E-state index in [0.29, 0.717) is 22.0 Å². The van der Waals surface area contributed by atoms with Crippen molar-refractivity contribution in [2.24, 2.45) is 0 Å². The number of halogens is 3. The maximum atomic E-state index is 13.9. The van der Waals surface area contributed by atoms with Gasteiger partial charge in [0.25, 0.3) is 11.8 Å². The highest BCUT2D eigenvalue weighted by Crippen LogP contribution is 2.23. The van der Waals surface area contributed by atoms with Gasteiger partial charge in [0.05, 0.1) is 10.7 Å². The third-order valence-electron chi connectivity index (χ3n) is 4.11. The van der Waals surface area contributed by atoms with Gasteiger partial charge in [-0.2, -0.15) is 0 Å². The van der Waals surface area contributed by atoms with E-state index in [1.807, 2.05) is 0 Å². The second-order valence-corrected chi connectivity index (χ2v) is 7.18. The second-order valence-electron chi connectivity index (χ2n) is 6.34. The van der Waals surface area contributed by atoms with Crippen LogP contribution in [0, 0.1) is 5.82 Å². The zero-order valence-corrected chi connectivity index (χ0v) is 17.3. The molecule has 0 saturated carbocycles. The monoisotopic (exact) mass is 446 g/mol. The number of ether oxygens (including phenoxy) is 1. The highest BCUT2D eigenvalue weighted by molar-refractivity contribution is 6.31. The summed E-state index contributed by atoms with van der Waals surface area (Å²) < 4.78 is 19.5. The third-order valence-corrected chi connectivity index (χ3v) is 4.65. The second kappa shape index (κ2) is 9.61. The standard InChI is InChI=1S/C22H17Cl2FN2O3/c1-13(21(28)26-16-9-7-15(23)8-10-16)30-17-11-5-14(6-12-17)22(29)27-19-4-2-3-18(24)20(19)25/h2-13H,1H3,(H,26,28)(H,27,29)/t13-/m0/s1. The quantitative estimate of drug-likeness (QED) is 0.503. The lowest BCUT2D eigenvalue weighted by Gasteiger charge is -2.15. The van der Waals surface area contributed by atoms with Gasteiger partial charge in [0.1, 0.15) is 5.75 Å². The molecular formula is C22H17Cl2FN2O3. The molecule has 0 aliphatic rings. The molecule has 0 heterocycles. The van der Waals surface area contributed by atoms with E-state index in [0.717, 1.165) is 0 Å².